The van der Waals surface area contributed by atoms with Crippen molar-refractivity contribution in [1.82, 2.24) is 20.0 Å². The summed E-state index contributed by atoms with van der Waals surface area (Å²) in [6.07, 6.45) is 3.77. The first-order valence-electron chi connectivity index (χ1n) is 7.95. The first-order chi connectivity index (χ1) is 10.5. The number of hydrogen-bond donors (Lipinski definition) is 2. The SMILES string of the molecule is Cc1ccc(C(C)(C)NC(=O)[C@H]2[C@@H]3CNC[C@@H]32)n2ccnc12. The number of hydrogen-bond acceptors (Lipinski definition) is 3. The van der Waals surface area contributed by atoms with E-state index in [-0.39, 0.29) is 11.8 Å². The molecule has 1 amide bonds. The molecule has 0 bridgehead atoms. The summed E-state index contributed by atoms with van der Waals surface area (Å²) < 4.78 is 2.07. The Morgan fingerprint density at radius 2 is 2.09 bits per heavy atom. The molecule has 5 heteroatoms. The highest BCUT2D eigenvalue weighted by atomic mass is 16.2. The van der Waals surface area contributed by atoms with Crippen LogP contribution in [-0.2, 0) is 10.3 Å². The number of aromatic nitrogens is 2. The number of carbonyl (C=O) groups excluding carboxylic acids is 1. The summed E-state index contributed by atoms with van der Waals surface area (Å²) in [5, 5.41) is 6.58. The molecule has 1 saturated heterocycles. The van der Waals surface area contributed by atoms with Gasteiger partial charge < -0.3 is 15.0 Å². The molecule has 0 aromatic carbocycles. The Balaban J connectivity index is 1.61. The molecular formula is C17H22N4O. The van der Waals surface area contributed by atoms with Crippen molar-refractivity contribution in [1.29, 1.82) is 0 Å². The number of amides is 1. The molecule has 2 aliphatic rings. The van der Waals surface area contributed by atoms with E-state index in [1.165, 1.54) is 0 Å². The highest BCUT2D eigenvalue weighted by Crippen LogP contribution is 2.49. The van der Waals surface area contributed by atoms with Gasteiger partial charge in [0.25, 0.3) is 0 Å². The van der Waals surface area contributed by atoms with Crippen LogP contribution in [0.5, 0.6) is 0 Å². The van der Waals surface area contributed by atoms with Gasteiger partial charge in [-0.2, -0.15) is 0 Å². The van der Waals surface area contributed by atoms with E-state index in [9.17, 15) is 4.79 Å². The number of imidazole rings is 1. The quantitative estimate of drug-likeness (QED) is 0.902. The Bertz CT molecular complexity index is 738. The fourth-order valence-corrected chi connectivity index (χ4v) is 3.92. The van der Waals surface area contributed by atoms with Gasteiger partial charge in [-0.1, -0.05) is 6.07 Å². The van der Waals surface area contributed by atoms with E-state index in [0.717, 1.165) is 30.0 Å². The minimum atomic E-state index is -0.423. The minimum absolute atomic E-state index is 0.190. The topological polar surface area (TPSA) is 58.4 Å². The maximum Gasteiger partial charge on any atom is 0.224 e. The molecular weight excluding hydrogens is 276 g/mol. The van der Waals surface area contributed by atoms with E-state index in [2.05, 4.69) is 52.9 Å². The predicted molar refractivity (Wildman–Crippen MR) is 84.4 cm³/mol. The fourth-order valence-electron chi connectivity index (χ4n) is 3.92. The van der Waals surface area contributed by atoms with Crippen molar-refractivity contribution < 1.29 is 4.79 Å². The molecule has 22 heavy (non-hydrogen) atoms. The molecule has 3 heterocycles. The standard InChI is InChI=1S/C17H22N4O/c1-10-4-5-13(21-7-6-19-15(10)21)17(2,3)20-16(22)14-11-8-18-9-12(11)14/h4-7,11-12,14,18H,8-9H2,1-3H3,(H,20,22)/t11-,12+,14+. The van der Waals surface area contributed by atoms with Crippen LogP contribution in [0, 0.1) is 24.7 Å². The molecule has 0 unspecified atom stereocenters. The van der Waals surface area contributed by atoms with Gasteiger partial charge in [0.15, 0.2) is 0 Å². The second kappa shape index (κ2) is 4.56. The van der Waals surface area contributed by atoms with E-state index in [1.54, 1.807) is 6.20 Å². The Morgan fingerprint density at radius 3 is 2.82 bits per heavy atom. The summed E-state index contributed by atoms with van der Waals surface area (Å²) in [5.74, 6) is 1.48. The lowest BCUT2D eigenvalue weighted by atomic mass is 9.98. The summed E-state index contributed by atoms with van der Waals surface area (Å²) >= 11 is 0. The van der Waals surface area contributed by atoms with Crippen LogP contribution in [0.1, 0.15) is 25.1 Å². The molecule has 4 rings (SSSR count). The lowest BCUT2D eigenvalue weighted by molar-refractivity contribution is -0.124. The molecule has 0 spiro atoms. The smallest absolute Gasteiger partial charge is 0.224 e. The number of nitrogens with zero attached hydrogens (tertiary/aromatic N) is 2. The molecule has 3 atom stereocenters. The van der Waals surface area contributed by atoms with Gasteiger partial charge >= 0.3 is 0 Å². The Morgan fingerprint density at radius 1 is 1.36 bits per heavy atom. The zero-order chi connectivity index (χ0) is 15.5. The third-order valence-corrected chi connectivity index (χ3v) is 5.21. The van der Waals surface area contributed by atoms with Crippen molar-refractivity contribution in [2.24, 2.45) is 17.8 Å². The Kier molecular flexibility index (Phi) is 2.85. The van der Waals surface area contributed by atoms with E-state index in [4.69, 9.17) is 0 Å². The number of fused-ring (bicyclic) bond motifs is 2. The monoisotopic (exact) mass is 298 g/mol. The van der Waals surface area contributed by atoms with Crippen LogP contribution in [-0.4, -0.2) is 28.4 Å². The number of rotatable bonds is 3. The molecule has 2 fully saturated rings. The average molecular weight is 298 g/mol. The summed E-state index contributed by atoms with van der Waals surface area (Å²) in [7, 11) is 0. The van der Waals surface area contributed by atoms with E-state index >= 15 is 0 Å². The van der Waals surface area contributed by atoms with Gasteiger partial charge in [-0.25, -0.2) is 4.98 Å². The number of pyridine rings is 1. The first-order valence-corrected chi connectivity index (χ1v) is 7.95. The van der Waals surface area contributed by atoms with Crippen LogP contribution in [0.2, 0.25) is 0 Å². The average Bonchev–Trinajstić information content (AvgIpc) is 2.85. The van der Waals surface area contributed by atoms with E-state index < -0.39 is 5.54 Å². The molecule has 2 N–H and O–H groups in total. The van der Waals surface area contributed by atoms with Crippen molar-refractivity contribution in [3.63, 3.8) is 0 Å². The summed E-state index contributed by atoms with van der Waals surface area (Å²) in [6.45, 7) is 8.14. The van der Waals surface area contributed by atoms with Gasteiger partial charge in [-0.3, -0.25) is 4.79 Å². The van der Waals surface area contributed by atoms with Gasteiger partial charge in [0.05, 0.1) is 5.54 Å². The maximum atomic E-state index is 12.6. The Hall–Kier alpha value is -1.88. The number of aryl methyl sites for hydroxylation is 1. The van der Waals surface area contributed by atoms with Crippen LogP contribution in [0.3, 0.4) is 0 Å². The normalized spacial score (nSPS) is 27.0. The summed E-state index contributed by atoms with van der Waals surface area (Å²) in [4.78, 5) is 17.0. The molecule has 2 aromatic heterocycles. The summed E-state index contributed by atoms with van der Waals surface area (Å²) in [6, 6.07) is 4.15. The first kappa shape index (κ1) is 13.8. The van der Waals surface area contributed by atoms with Gasteiger partial charge in [-0.15, -0.1) is 0 Å². The van der Waals surface area contributed by atoms with Crippen molar-refractivity contribution in [3.8, 4) is 0 Å². The van der Waals surface area contributed by atoms with Crippen molar-refractivity contribution in [3.05, 3.63) is 35.8 Å². The van der Waals surface area contributed by atoms with Crippen LogP contribution in [0.4, 0.5) is 0 Å². The third kappa shape index (κ3) is 1.96. The van der Waals surface area contributed by atoms with E-state index in [0.29, 0.717) is 11.8 Å². The molecule has 116 valence electrons. The largest absolute Gasteiger partial charge is 0.345 e. The predicted octanol–water partition coefficient (Wildman–Crippen LogP) is 1.46. The van der Waals surface area contributed by atoms with Crippen molar-refractivity contribution in [2.45, 2.75) is 26.3 Å². The number of nitrogens with one attached hydrogen (secondary N) is 2. The van der Waals surface area contributed by atoms with Crippen LogP contribution in [0.25, 0.3) is 5.65 Å². The second-order valence-electron chi connectivity index (χ2n) is 7.15. The molecule has 0 radical (unpaired) electrons. The minimum Gasteiger partial charge on any atom is -0.345 e. The van der Waals surface area contributed by atoms with Gasteiger partial charge in [0.1, 0.15) is 5.65 Å². The zero-order valence-electron chi connectivity index (χ0n) is 13.3. The number of piperidine rings is 1. The second-order valence-corrected chi connectivity index (χ2v) is 7.15. The maximum absolute atomic E-state index is 12.6. The molecule has 1 aliphatic heterocycles. The van der Waals surface area contributed by atoms with Crippen LogP contribution >= 0.6 is 0 Å². The lowest BCUT2D eigenvalue weighted by Gasteiger charge is -2.28. The molecule has 2 aromatic rings. The van der Waals surface area contributed by atoms with Crippen LogP contribution < -0.4 is 10.6 Å². The summed E-state index contributed by atoms with van der Waals surface area (Å²) in [5.41, 5.74) is 2.72. The van der Waals surface area contributed by atoms with Gasteiger partial charge in [0, 0.05) is 24.0 Å². The lowest BCUT2D eigenvalue weighted by Crippen LogP contribution is -2.44. The van der Waals surface area contributed by atoms with E-state index in [1.807, 2.05) is 6.20 Å². The van der Waals surface area contributed by atoms with Crippen molar-refractivity contribution >= 4 is 11.6 Å². The van der Waals surface area contributed by atoms with Crippen molar-refractivity contribution in [2.75, 3.05) is 13.1 Å². The fraction of sp³-hybridized carbons (Fsp3) is 0.529. The molecule has 1 aliphatic carbocycles. The van der Waals surface area contributed by atoms with Crippen LogP contribution in [0.15, 0.2) is 24.5 Å². The highest BCUT2D eigenvalue weighted by Gasteiger charge is 2.57. The molecule has 1 saturated carbocycles. The molecule has 5 nitrogen and oxygen atoms in total. The van der Waals surface area contributed by atoms with Gasteiger partial charge in [-0.05, 0) is 57.3 Å². The highest BCUT2D eigenvalue weighted by molar-refractivity contribution is 5.83. The van der Waals surface area contributed by atoms with Gasteiger partial charge in [0.2, 0.25) is 5.91 Å². The Labute approximate surface area is 130 Å². The zero-order valence-corrected chi connectivity index (χ0v) is 13.3. The number of carbonyl (C=O) groups is 1. The third-order valence-electron chi connectivity index (χ3n) is 5.21.